The smallest absolute Gasteiger partial charge is 0.258 e. The largest absolute Gasteiger partial charge is 0.497 e. The number of aromatic nitrogens is 5. The van der Waals surface area contributed by atoms with Crippen LogP contribution >= 0.6 is 0 Å². The van der Waals surface area contributed by atoms with E-state index in [0.29, 0.717) is 29.5 Å². The van der Waals surface area contributed by atoms with E-state index >= 15 is 0 Å². The maximum atomic E-state index is 13.6. The molecule has 4 aromatic rings. The minimum atomic E-state index is -0.263. The molecule has 0 bridgehead atoms. The van der Waals surface area contributed by atoms with E-state index in [0.717, 1.165) is 35.3 Å². The molecule has 1 aliphatic heterocycles. The monoisotopic (exact) mass is 444 g/mol. The number of benzene rings is 2. The first-order chi connectivity index (χ1) is 16.0. The molecule has 1 fully saturated rings. The van der Waals surface area contributed by atoms with Gasteiger partial charge < -0.3 is 14.2 Å². The molecule has 168 valence electrons. The highest BCUT2D eigenvalue weighted by Crippen LogP contribution is 2.34. The molecule has 1 unspecified atom stereocenters. The molecule has 3 heterocycles. The quantitative estimate of drug-likeness (QED) is 0.460. The number of carbonyl (C=O) groups is 1. The van der Waals surface area contributed by atoms with Crippen LogP contribution < -0.4 is 4.74 Å². The standard InChI is InChI=1S/C24H24N6O3/c1-15-6-7-19(21(13-15)30-25-8-9-26-30)24(31)29-10-4-5-20(29)22-27-23(33-28-22)17-11-16(2)12-18(14-17)32-3/h6-9,11-14,20H,4-5,10H2,1-3H3. The fraction of sp³-hybridized carbons (Fsp3) is 0.292. The lowest BCUT2D eigenvalue weighted by molar-refractivity contribution is 0.0728. The molecular weight excluding hydrogens is 420 g/mol. The van der Waals surface area contributed by atoms with E-state index < -0.39 is 0 Å². The Hall–Kier alpha value is -4.01. The molecule has 1 aliphatic rings. The molecule has 33 heavy (non-hydrogen) atoms. The van der Waals surface area contributed by atoms with Crippen LogP contribution in [0.2, 0.25) is 0 Å². The lowest BCUT2D eigenvalue weighted by Gasteiger charge is -2.23. The van der Waals surface area contributed by atoms with Gasteiger partial charge in [0.05, 0.1) is 36.8 Å². The highest BCUT2D eigenvalue weighted by molar-refractivity contribution is 5.98. The molecular formula is C24H24N6O3. The van der Waals surface area contributed by atoms with E-state index in [1.807, 2.05) is 55.1 Å². The minimum Gasteiger partial charge on any atom is -0.497 e. The summed E-state index contributed by atoms with van der Waals surface area (Å²) in [6.07, 6.45) is 4.82. The van der Waals surface area contributed by atoms with Gasteiger partial charge in [-0.3, -0.25) is 4.79 Å². The summed E-state index contributed by atoms with van der Waals surface area (Å²) in [6.45, 7) is 4.57. The van der Waals surface area contributed by atoms with Crippen LogP contribution in [0.1, 0.15) is 46.2 Å². The van der Waals surface area contributed by atoms with Crippen molar-refractivity contribution in [1.82, 2.24) is 30.0 Å². The fourth-order valence-electron chi connectivity index (χ4n) is 4.24. The number of amides is 1. The highest BCUT2D eigenvalue weighted by atomic mass is 16.5. The van der Waals surface area contributed by atoms with Gasteiger partial charge in [0.25, 0.3) is 11.8 Å². The zero-order chi connectivity index (χ0) is 22.9. The van der Waals surface area contributed by atoms with Gasteiger partial charge in [0.1, 0.15) is 5.75 Å². The Morgan fingerprint density at radius 2 is 1.91 bits per heavy atom. The Morgan fingerprint density at radius 3 is 2.70 bits per heavy atom. The molecule has 1 saturated heterocycles. The van der Waals surface area contributed by atoms with Crippen LogP contribution in [0.5, 0.6) is 5.75 Å². The van der Waals surface area contributed by atoms with Crippen LogP contribution in [0.4, 0.5) is 0 Å². The highest BCUT2D eigenvalue weighted by Gasteiger charge is 2.35. The van der Waals surface area contributed by atoms with Gasteiger partial charge in [-0.05, 0) is 68.1 Å². The van der Waals surface area contributed by atoms with Crippen molar-refractivity contribution in [2.75, 3.05) is 13.7 Å². The van der Waals surface area contributed by atoms with Crippen molar-refractivity contribution in [3.05, 3.63) is 71.3 Å². The molecule has 0 N–H and O–H groups in total. The number of likely N-dealkylation sites (tertiary alicyclic amines) is 1. The minimum absolute atomic E-state index is 0.103. The zero-order valence-corrected chi connectivity index (χ0v) is 18.7. The van der Waals surface area contributed by atoms with Crippen molar-refractivity contribution < 1.29 is 14.1 Å². The fourth-order valence-corrected chi connectivity index (χ4v) is 4.24. The Balaban J connectivity index is 1.46. The number of hydrogen-bond donors (Lipinski definition) is 0. The maximum Gasteiger partial charge on any atom is 0.258 e. The summed E-state index contributed by atoms with van der Waals surface area (Å²) in [5, 5.41) is 12.7. The summed E-state index contributed by atoms with van der Waals surface area (Å²) < 4.78 is 10.9. The second-order valence-corrected chi connectivity index (χ2v) is 8.19. The van der Waals surface area contributed by atoms with Crippen molar-refractivity contribution in [2.24, 2.45) is 0 Å². The molecule has 0 radical (unpaired) electrons. The third-order valence-corrected chi connectivity index (χ3v) is 5.80. The van der Waals surface area contributed by atoms with Gasteiger partial charge in [-0.2, -0.15) is 20.0 Å². The summed E-state index contributed by atoms with van der Waals surface area (Å²) in [4.78, 5) is 21.5. The molecule has 2 aromatic heterocycles. The van der Waals surface area contributed by atoms with E-state index in [9.17, 15) is 4.79 Å². The Kier molecular flexibility index (Phi) is 5.37. The first-order valence-corrected chi connectivity index (χ1v) is 10.8. The third-order valence-electron chi connectivity index (χ3n) is 5.80. The predicted octanol–water partition coefficient (Wildman–Crippen LogP) is 3.92. The van der Waals surface area contributed by atoms with E-state index in [4.69, 9.17) is 9.26 Å². The van der Waals surface area contributed by atoms with Crippen molar-refractivity contribution in [1.29, 1.82) is 0 Å². The number of rotatable bonds is 5. The molecule has 5 rings (SSSR count). The van der Waals surface area contributed by atoms with E-state index in [1.165, 1.54) is 4.80 Å². The van der Waals surface area contributed by atoms with Gasteiger partial charge in [0, 0.05) is 12.1 Å². The topological polar surface area (TPSA) is 99.2 Å². The van der Waals surface area contributed by atoms with Gasteiger partial charge >= 0.3 is 0 Å². The molecule has 9 heteroatoms. The Labute approximate surface area is 191 Å². The van der Waals surface area contributed by atoms with Gasteiger partial charge in [-0.25, -0.2) is 0 Å². The van der Waals surface area contributed by atoms with Gasteiger partial charge in [-0.15, -0.1) is 0 Å². The molecule has 9 nitrogen and oxygen atoms in total. The molecule has 0 saturated carbocycles. The van der Waals surface area contributed by atoms with Crippen LogP contribution in [-0.2, 0) is 0 Å². The first-order valence-electron chi connectivity index (χ1n) is 10.8. The second kappa shape index (κ2) is 8.50. The average Bonchev–Trinajstić information content (AvgIpc) is 3.59. The summed E-state index contributed by atoms with van der Waals surface area (Å²) >= 11 is 0. The van der Waals surface area contributed by atoms with E-state index in [1.54, 1.807) is 19.5 Å². The van der Waals surface area contributed by atoms with Crippen molar-refractivity contribution >= 4 is 5.91 Å². The lowest BCUT2D eigenvalue weighted by atomic mass is 10.1. The molecule has 1 atom stereocenters. The second-order valence-electron chi connectivity index (χ2n) is 8.19. The van der Waals surface area contributed by atoms with Crippen molar-refractivity contribution in [3.63, 3.8) is 0 Å². The first kappa shape index (κ1) is 20.9. The number of ether oxygens (including phenoxy) is 1. The van der Waals surface area contributed by atoms with E-state index in [2.05, 4.69) is 20.3 Å². The van der Waals surface area contributed by atoms with Crippen LogP contribution in [0, 0.1) is 13.8 Å². The maximum absolute atomic E-state index is 13.6. The number of aryl methyl sites for hydroxylation is 2. The molecule has 0 aliphatic carbocycles. The normalized spacial score (nSPS) is 15.7. The number of nitrogens with zero attached hydrogens (tertiary/aromatic N) is 6. The van der Waals surface area contributed by atoms with Crippen molar-refractivity contribution in [3.8, 4) is 22.9 Å². The predicted molar refractivity (Wildman–Crippen MR) is 120 cm³/mol. The summed E-state index contributed by atoms with van der Waals surface area (Å²) in [7, 11) is 1.62. The zero-order valence-electron chi connectivity index (χ0n) is 18.7. The van der Waals surface area contributed by atoms with Gasteiger partial charge in [-0.1, -0.05) is 11.2 Å². The van der Waals surface area contributed by atoms with Crippen LogP contribution in [0.15, 0.2) is 53.3 Å². The van der Waals surface area contributed by atoms with Crippen molar-refractivity contribution in [2.45, 2.75) is 32.7 Å². The van der Waals surface area contributed by atoms with Gasteiger partial charge in [0.15, 0.2) is 5.82 Å². The Bertz CT molecular complexity index is 1300. The van der Waals surface area contributed by atoms with Crippen LogP contribution in [0.25, 0.3) is 17.1 Å². The number of carbonyl (C=O) groups excluding carboxylic acids is 1. The van der Waals surface area contributed by atoms with E-state index in [-0.39, 0.29) is 11.9 Å². The lowest BCUT2D eigenvalue weighted by Crippen LogP contribution is -2.32. The molecule has 0 spiro atoms. The molecule has 1 amide bonds. The summed E-state index contributed by atoms with van der Waals surface area (Å²) in [5.74, 6) is 1.53. The number of hydrogen-bond acceptors (Lipinski definition) is 7. The van der Waals surface area contributed by atoms with Crippen LogP contribution in [0.3, 0.4) is 0 Å². The average molecular weight is 444 g/mol. The van der Waals surface area contributed by atoms with Gasteiger partial charge in [0.2, 0.25) is 0 Å². The molecule has 2 aromatic carbocycles. The third kappa shape index (κ3) is 3.97. The summed E-state index contributed by atoms with van der Waals surface area (Å²) in [5.41, 5.74) is 4.02. The Morgan fingerprint density at radius 1 is 1.09 bits per heavy atom. The SMILES string of the molecule is COc1cc(C)cc(-c2nc(C3CCCN3C(=O)c3ccc(C)cc3-n3nccn3)no2)c1. The number of methoxy groups -OCH3 is 1. The summed E-state index contributed by atoms with van der Waals surface area (Å²) in [6, 6.07) is 11.2. The van der Waals surface area contributed by atoms with Crippen LogP contribution in [-0.4, -0.2) is 49.6 Å².